The number of rotatable bonds is 14. The molecule has 0 radical (unpaired) electrons. The van der Waals surface area contributed by atoms with Crippen LogP contribution in [0.25, 0.3) is 6.08 Å². The quantitative estimate of drug-likeness (QED) is 0.262. The molecule has 0 aromatic heterocycles. The van der Waals surface area contributed by atoms with Crippen LogP contribution in [0, 0.1) is 5.92 Å². The molecule has 2 N–H and O–H groups in total. The second-order valence-electron chi connectivity index (χ2n) is 10.0. The molecule has 1 saturated heterocycles. The smallest absolute Gasteiger partial charge is 0.335 e. The molecule has 4 rings (SSSR count). The highest BCUT2D eigenvalue weighted by molar-refractivity contribution is 5.88. The summed E-state index contributed by atoms with van der Waals surface area (Å²) in [5.41, 5.74) is 3.55. The number of carboxylic acid groups (broad SMARTS) is 2. The molecule has 0 aliphatic carbocycles. The van der Waals surface area contributed by atoms with Crippen molar-refractivity contribution < 1.29 is 34.1 Å². The first-order chi connectivity index (χ1) is 19.9. The summed E-state index contributed by atoms with van der Waals surface area (Å²) in [4.78, 5) is 36.2. The molecule has 1 aliphatic heterocycles. The van der Waals surface area contributed by atoms with Crippen molar-refractivity contribution in [2.24, 2.45) is 5.92 Å². The number of hydrogen-bond acceptors (Lipinski definition) is 5. The Labute approximate surface area is 239 Å². The fourth-order valence-electron chi connectivity index (χ4n) is 4.73. The van der Waals surface area contributed by atoms with Crippen molar-refractivity contribution >= 4 is 23.9 Å². The molecule has 1 fully saturated rings. The van der Waals surface area contributed by atoms with Crippen molar-refractivity contribution in [1.82, 2.24) is 4.90 Å². The minimum atomic E-state index is -0.953. The third kappa shape index (κ3) is 9.05. The largest absolute Gasteiger partial charge is 0.493 e. The second kappa shape index (κ2) is 14.8. The summed E-state index contributed by atoms with van der Waals surface area (Å²) in [7, 11) is 0. The number of benzene rings is 3. The van der Waals surface area contributed by atoms with E-state index in [1.807, 2.05) is 53.4 Å². The first kappa shape index (κ1) is 29.6. The van der Waals surface area contributed by atoms with Crippen LogP contribution in [0.15, 0.2) is 78.9 Å². The number of aromatic carboxylic acids is 2. The number of amides is 1. The van der Waals surface area contributed by atoms with Gasteiger partial charge in [-0.2, -0.15) is 0 Å². The predicted molar refractivity (Wildman–Crippen MR) is 155 cm³/mol. The average Bonchev–Trinajstić information content (AvgIpc) is 2.98. The van der Waals surface area contributed by atoms with Crippen LogP contribution < -0.4 is 4.74 Å². The Balaban J connectivity index is 1.42. The minimum Gasteiger partial charge on any atom is -0.493 e. The number of allylic oxidation sites excluding steroid dienone is 1. The van der Waals surface area contributed by atoms with Gasteiger partial charge in [-0.15, -0.1) is 0 Å². The molecular weight excluding hydrogens is 522 g/mol. The third-order valence-electron chi connectivity index (χ3n) is 7.08. The number of carbonyl (C=O) groups excluding carboxylic acids is 1. The van der Waals surface area contributed by atoms with Gasteiger partial charge >= 0.3 is 11.9 Å². The van der Waals surface area contributed by atoms with Gasteiger partial charge in [0.1, 0.15) is 12.4 Å². The number of aryl methyl sites for hydroxylation is 1. The van der Waals surface area contributed by atoms with Crippen LogP contribution in [0.3, 0.4) is 0 Å². The normalized spacial score (nSPS) is 14.2. The maximum absolute atomic E-state index is 11.9. The summed E-state index contributed by atoms with van der Waals surface area (Å²) in [5, 5.41) is 18.4. The summed E-state index contributed by atoms with van der Waals surface area (Å²) in [6.45, 7) is 2.45. The van der Waals surface area contributed by atoms with Gasteiger partial charge in [-0.1, -0.05) is 54.6 Å². The van der Waals surface area contributed by atoms with Crippen molar-refractivity contribution in [3.8, 4) is 5.75 Å². The maximum Gasteiger partial charge on any atom is 0.335 e. The maximum atomic E-state index is 11.9. The van der Waals surface area contributed by atoms with E-state index in [0.717, 1.165) is 48.1 Å². The first-order valence-corrected chi connectivity index (χ1v) is 13.8. The SMILES string of the molecule is O=C(O)c1ccc(CCC(/C=C/c2ccccc2OCCCN2CCOCC2=O)Cc2ccc(C(=O)O)cc2)cc1. The van der Waals surface area contributed by atoms with Gasteiger partial charge in [-0.25, -0.2) is 9.59 Å². The van der Waals surface area contributed by atoms with Crippen molar-refractivity contribution in [2.45, 2.75) is 25.7 Å². The topological polar surface area (TPSA) is 113 Å². The molecule has 3 aromatic carbocycles. The predicted octanol–water partition coefficient (Wildman–Crippen LogP) is 5.22. The molecule has 1 amide bonds. The number of carboxylic acids is 2. The zero-order valence-electron chi connectivity index (χ0n) is 22.9. The van der Waals surface area contributed by atoms with Crippen LogP contribution in [-0.4, -0.2) is 65.9 Å². The monoisotopic (exact) mass is 557 g/mol. The van der Waals surface area contributed by atoms with E-state index in [9.17, 15) is 24.6 Å². The van der Waals surface area contributed by atoms with E-state index < -0.39 is 11.9 Å². The zero-order chi connectivity index (χ0) is 29.0. The Bertz CT molecular complexity index is 1350. The van der Waals surface area contributed by atoms with Gasteiger partial charge in [0.05, 0.1) is 24.3 Å². The van der Waals surface area contributed by atoms with Crippen LogP contribution in [0.4, 0.5) is 0 Å². The third-order valence-corrected chi connectivity index (χ3v) is 7.08. The molecule has 1 atom stereocenters. The van der Waals surface area contributed by atoms with E-state index >= 15 is 0 Å². The molecule has 41 heavy (non-hydrogen) atoms. The number of morpholine rings is 1. The lowest BCUT2D eigenvalue weighted by Crippen LogP contribution is -2.42. The molecule has 0 spiro atoms. The minimum absolute atomic E-state index is 0.0149. The van der Waals surface area contributed by atoms with E-state index in [4.69, 9.17) is 9.47 Å². The lowest BCUT2D eigenvalue weighted by atomic mass is 9.91. The lowest BCUT2D eigenvalue weighted by molar-refractivity contribution is -0.142. The second-order valence-corrected chi connectivity index (χ2v) is 10.0. The van der Waals surface area contributed by atoms with Gasteiger partial charge < -0.3 is 24.6 Å². The summed E-state index contributed by atoms with van der Waals surface area (Å²) in [6.07, 6.45) is 7.25. The Morgan fingerprint density at radius 2 is 1.59 bits per heavy atom. The summed E-state index contributed by atoms with van der Waals surface area (Å²) >= 11 is 0. The van der Waals surface area contributed by atoms with Crippen molar-refractivity contribution in [2.75, 3.05) is 32.9 Å². The van der Waals surface area contributed by atoms with Gasteiger partial charge in [0.15, 0.2) is 0 Å². The lowest BCUT2D eigenvalue weighted by Gasteiger charge is -2.26. The summed E-state index contributed by atoms with van der Waals surface area (Å²) in [5.74, 6) is -0.972. The molecule has 214 valence electrons. The Hall–Kier alpha value is -4.43. The molecule has 1 aliphatic rings. The van der Waals surface area contributed by atoms with Crippen LogP contribution in [0.1, 0.15) is 50.2 Å². The highest BCUT2D eigenvalue weighted by Crippen LogP contribution is 2.24. The standard InChI is InChI=1S/C33H35NO7/c35-31-23-40-21-19-34(31)18-3-20-41-30-5-2-1-4-27(30)13-10-25(22-26-11-16-29(17-12-26)33(38)39)7-6-24-8-14-28(15-9-24)32(36)37/h1-2,4-5,8-17,25H,3,6-7,18-23H2,(H,36,37)(H,38,39)/b13-10+. The molecule has 1 heterocycles. The van der Waals surface area contributed by atoms with Crippen LogP contribution >= 0.6 is 0 Å². The van der Waals surface area contributed by atoms with Crippen molar-refractivity contribution in [3.63, 3.8) is 0 Å². The number of hydrogen-bond donors (Lipinski definition) is 2. The fourth-order valence-corrected chi connectivity index (χ4v) is 4.73. The summed E-state index contributed by atoms with van der Waals surface area (Å²) in [6, 6.07) is 21.7. The van der Waals surface area contributed by atoms with Gasteiger partial charge in [-0.05, 0) is 73.1 Å². The fraction of sp³-hybridized carbons (Fsp3) is 0.303. The van der Waals surface area contributed by atoms with Crippen molar-refractivity contribution in [1.29, 1.82) is 0 Å². The van der Waals surface area contributed by atoms with Crippen molar-refractivity contribution in [3.05, 3.63) is 107 Å². The highest BCUT2D eigenvalue weighted by atomic mass is 16.5. The number of ether oxygens (including phenoxy) is 2. The molecule has 0 saturated carbocycles. The van der Waals surface area contributed by atoms with Gasteiger partial charge in [0.25, 0.3) is 0 Å². The highest BCUT2D eigenvalue weighted by Gasteiger charge is 2.17. The molecule has 3 aromatic rings. The van der Waals surface area contributed by atoms with E-state index in [1.54, 1.807) is 24.3 Å². The van der Waals surface area contributed by atoms with E-state index in [0.29, 0.717) is 26.3 Å². The molecule has 0 bridgehead atoms. The number of para-hydroxylation sites is 1. The van der Waals surface area contributed by atoms with Crippen LogP contribution in [-0.2, 0) is 22.4 Å². The molecule has 1 unspecified atom stereocenters. The Morgan fingerprint density at radius 3 is 2.24 bits per heavy atom. The Kier molecular flexibility index (Phi) is 10.7. The van der Waals surface area contributed by atoms with Crippen LogP contribution in [0.2, 0.25) is 0 Å². The van der Waals surface area contributed by atoms with E-state index in [2.05, 4.69) is 12.2 Å². The Morgan fingerprint density at radius 1 is 0.927 bits per heavy atom. The van der Waals surface area contributed by atoms with Gasteiger partial charge in [-0.3, -0.25) is 4.79 Å². The van der Waals surface area contributed by atoms with Gasteiger partial charge in [0.2, 0.25) is 5.91 Å². The van der Waals surface area contributed by atoms with Gasteiger partial charge in [0, 0.05) is 18.7 Å². The number of nitrogens with zero attached hydrogens (tertiary/aromatic N) is 1. The zero-order valence-corrected chi connectivity index (χ0v) is 22.9. The summed E-state index contributed by atoms with van der Waals surface area (Å²) < 4.78 is 11.3. The van der Waals surface area contributed by atoms with Crippen LogP contribution in [0.5, 0.6) is 5.75 Å². The van der Waals surface area contributed by atoms with E-state index in [-0.39, 0.29) is 29.6 Å². The molecule has 8 heteroatoms. The van der Waals surface area contributed by atoms with E-state index in [1.165, 1.54) is 0 Å². The molecular formula is C33H35NO7. The average molecular weight is 558 g/mol. The molecule has 8 nitrogen and oxygen atoms in total. The number of carbonyl (C=O) groups is 3. The first-order valence-electron chi connectivity index (χ1n) is 13.8.